The molecule has 2 aromatic rings. The number of likely N-dealkylation sites (tertiary alicyclic amines) is 1. The number of amides is 1. The van der Waals surface area contributed by atoms with E-state index >= 15 is 0 Å². The Morgan fingerprint density at radius 1 is 1.00 bits per heavy atom. The van der Waals surface area contributed by atoms with Crippen molar-refractivity contribution in [2.75, 3.05) is 13.1 Å². The molecule has 0 radical (unpaired) electrons. The topological polar surface area (TPSA) is 90.5 Å². The summed E-state index contributed by atoms with van der Waals surface area (Å²) in [7, 11) is 0. The van der Waals surface area contributed by atoms with Gasteiger partial charge in [-0.25, -0.2) is 0 Å². The molecule has 1 amide bonds. The van der Waals surface area contributed by atoms with E-state index in [1.165, 1.54) is 0 Å². The third-order valence-electron chi connectivity index (χ3n) is 5.79. The van der Waals surface area contributed by atoms with Crippen molar-refractivity contribution in [3.63, 3.8) is 0 Å². The lowest BCUT2D eigenvalue weighted by Gasteiger charge is -2.32. The number of aromatic nitrogens is 1. The van der Waals surface area contributed by atoms with Crippen molar-refractivity contribution in [3.8, 4) is 0 Å². The van der Waals surface area contributed by atoms with Crippen LogP contribution in [-0.2, 0) is 4.79 Å². The summed E-state index contributed by atoms with van der Waals surface area (Å²) < 4.78 is 0. The van der Waals surface area contributed by atoms with Gasteiger partial charge in [-0.2, -0.15) is 0 Å². The van der Waals surface area contributed by atoms with Gasteiger partial charge in [-0.15, -0.1) is 0 Å². The summed E-state index contributed by atoms with van der Waals surface area (Å²) in [4.78, 5) is 40.7. The van der Waals surface area contributed by atoms with E-state index < -0.39 is 5.97 Å². The smallest absolute Gasteiger partial charge is 0.307 e. The summed E-state index contributed by atoms with van der Waals surface area (Å²) in [5, 5.41) is 9.15. The number of hydrogen-bond acceptors (Lipinski definition) is 3. The maximum atomic E-state index is 12.7. The zero-order valence-electron chi connectivity index (χ0n) is 14.3. The zero-order valence-corrected chi connectivity index (χ0v) is 14.3. The molecule has 1 spiro atoms. The van der Waals surface area contributed by atoms with Gasteiger partial charge in [0.05, 0.1) is 5.92 Å². The number of aromatic amines is 1. The highest BCUT2D eigenvalue weighted by Crippen LogP contribution is 2.59. The van der Waals surface area contributed by atoms with Gasteiger partial charge in [0.1, 0.15) is 0 Å². The van der Waals surface area contributed by atoms with Gasteiger partial charge in [0.15, 0.2) is 5.78 Å². The van der Waals surface area contributed by atoms with E-state index in [0.29, 0.717) is 29.8 Å². The fourth-order valence-electron chi connectivity index (χ4n) is 3.98. The molecule has 2 N–H and O–H groups in total. The molecule has 6 heteroatoms. The Balaban J connectivity index is 1.40. The lowest BCUT2D eigenvalue weighted by Crippen LogP contribution is -2.40. The standard InChI is InChI=1S/C20H20N2O4/c23-17(15-5-8-21-12-15)13-1-3-14(4-2-13)18(24)22-9-6-20(7-10-22)11-16(20)19(25)26/h1-5,8,12,16,21H,6-7,9-11H2,(H,25,26). The number of carbonyl (C=O) groups is 3. The summed E-state index contributed by atoms with van der Waals surface area (Å²) in [5.41, 5.74) is 1.59. The first kappa shape index (κ1) is 16.6. The molecule has 1 atom stereocenters. The SMILES string of the molecule is O=C(c1ccc(C(=O)N2CCC3(CC2)CC3C(=O)O)cc1)c1cc[nH]c1. The highest BCUT2D eigenvalue weighted by Gasteiger charge is 2.59. The van der Waals surface area contributed by atoms with Crippen LogP contribution in [0.4, 0.5) is 0 Å². The van der Waals surface area contributed by atoms with Gasteiger partial charge >= 0.3 is 5.97 Å². The van der Waals surface area contributed by atoms with Crippen molar-refractivity contribution in [2.24, 2.45) is 11.3 Å². The first-order valence-corrected chi connectivity index (χ1v) is 8.80. The predicted octanol–water partition coefficient (Wildman–Crippen LogP) is 2.57. The molecule has 134 valence electrons. The molecule has 26 heavy (non-hydrogen) atoms. The largest absolute Gasteiger partial charge is 0.481 e. The third-order valence-corrected chi connectivity index (χ3v) is 5.79. The second kappa shape index (κ2) is 6.12. The lowest BCUT2D eigenvalue weighted by atomic mass is 9.90. The molecule has 1 aromatic heterocycles. The molecular weight excluding hydrogens is 332 g/mol. The van der Waals surface area contributed by atoms with Crippen LogP contribution >= 0.6 is 0 Å². The molecule has 0 bridgehead atoms. The fraction of sp³-hybridized carbons (Fsp3) is 0.350. The van der Waals surface area contributed by atoms with Gasteiger partial charge in [0.2, 0.25) is 0 Å². The summed E-state index contributed by atoms with van der Waals surface area (Å²) in [6.45, 7) is 1.18. The van der Waals surface area contributed by atoms with Gasteiger partial charge in [-0.1, -0.05) is 12.1 Å². The normalized spacial score (nSPS) is 20.8. The number of nitrogens with one attached hydrogen (secondary N) is 1. The van der Waals surface area contributed by atoms with Crippen LogP contribution < -0.4 is 0 Å². The fourth-order valence-corrected chi connectivity index (χ4v) is 3.98. The van der Waals surface area contributed by atoms with Crippen LogP contribution in [0, 0.1) is 11.3 Å². The molecule has 2 fully saturated rings. The number of hydrogen-bond donors (Lipinski definition) is 2. The minimum atomic E-state index is -0.715. The minimum absolute atomic E-state index is 0.0620. The summed E-state index contributed by atoms with van der Waals surface area (Å²) in [6, 6.07) is 8.44. The van der Waals surface area contributed by atoms with Gasteiger partial charge in [0, 0.05) is 42.2 Å². The van der Waals surface area contributed by atoms with Gasteiger partial charge in [-0.3, -0.25) is 14.4 Å². The van der Waals surface area contributed by atoms with E-state index in [4.69, 9.17) is 5.11 Å². The number of carboxylic acids is 1. The van der Waals surface area contributed by atoms with E-state index in [2.05, 4.69) is 4.98 Å². The van der Waals surface area contributed by atoms with Crippen molar-refractivity contribution >= 4 is 17.7 Å². The van der Waals surface area contributed by atoms with Gasteiger partial charge in [-0.05, 0) is 42.9 Å². The van der Waals surface area contributed by atoms with Crippen LogP contribution in [0.3, 0.4) is 0 Å². The van der Waals surface area contributed by atoms with E-state index in [-0.39, 0.29) is 23.0 Å². The number of H-pyrrole nitrogens is 1. The van der Waals surface area contributed by atoms with E-state index in [1.54, 1.807) is 47.6 Å². The number of benzene rings is 1. The number of piperidine rings is 1. The van der Waals surface area contributed by atoms with E-state index in [1.807, 2.05) is 0 Å². The average Bonchev–Trinajstić information content (AvgIpc) is 3.10. The maximum Gasteiger partial charge on any atom is 0.307 e. The second-order valence-corrected chi connectivity index (χ2v) is 7.26. The highest BCUT2D eigenvalue weighted by atomic mass is 16.4. The molecule has 4 rings (SSSR count). The van der Waals surface area contributed by atoms with E-state index in [9.17, 15) is 14.4 Å². The minimum Gasteiger partial charge on any atom is -0.481 e. The van der Waals surface area contributed by atoms with Crippen LogP contribution in [-0.4, -0.2) is 45.7 Å². The molecule has 1 aliphatic carbocycles. The molecule has 1 saturated heterocycles. The highest BCUT2D eigenvalue weighted by molar-refractivity contribution is 6.09. The number of rotatable bonds is 4. The van der Waals surface area contributed by atoms with Crippen LogP contribution in [0.2, 0.25) is 0 Å². The Kier molecular flexibility index (Phi) is 3.90. The van der Waals surface area contributed by atoms with Gasteiger partial charge in [0.25, 0.3) is 5.91 Å². The van der Waals surface area contributed by atoms with Crippen LogP contribution in [0.5, 0.6) is 0 Å². The number of nitrogens with zero attached hydrogens (tertiary/aromatic N) is 1. The Bertz CT molecular complexity index is 846. The summed E-state index contributed by atoms with van der Waals surface area (Å²) in [6.07, 6.45) is 5.58. The first-order chi connectivity index (χ1) is 12.5. The molecular formula is C20H20N2O4. The van der Waals surface area contributed by atoms with Crippen molar-refractivity contribution in [2.45, 2.75) is 19.3 Å². The second-order valence-electron chi connectivity index (χ2n) is 7.26. The van der Waals surface area contributed by atoms with Gasteiger partial charge < -0.3 is 15.0 Å². The van der Waals surface area contributed by atoms with Crippen molar-refractivity contribution < 1.29 is 19.5 Å². The number of carbonyl (C=O) groups excluding carboxylic acids is 2. The quantitative estimate of drug-likeness (QED) is 0.828. The molecule has 1 saturated carbocycles. The number of ketones is 1. The Morgan fingerprint density at radius 3 is 2.19 bits per heavy atom. The Labute approximate surface area is 150 Å². The monoisotopic (exact) mass is 352 g/mol. The molecule has 1 unspecified atom stereocenters. The summed E-state index contributed by atoms with van der Waals surface area (Å²) >= 11 is 0. The zero-order chi connectivity index (χ0) is 18.3. The first-order valence-electron chi connectivity index (χ1n) is 8.80. The number of carboxylic acid groups (broad SMARTS) is 1. The lowest BCUT2D eigenvalue weighted by molar-refractivity contribution is -0.139. The molecule has 2 heterocycles. The molecule has 6 nitrogen and oxygen atoms in total. The number of aliphatic carboxylic acids is 1. The molecule has 1 aromatic carbocycles. The maximum absolute atomic E-state index is 12.7. The molecule has 1 aliphatic heterocycles. The van der Waals surface area contributed by atoms with E-state index in [0.717, 1.165) is 19.3 Å². The van der Waals surface area contributed by atoms with Crippen LogP contribution in [0.25, 0.3) is 0 Å². The van der Waals surface area contributed by atoms with Crippen LogP contribution in [0.15, 0.2) is 42.7 Å². The Hall–Kier alpha value is -2.89. The Morgan fingerprint density at radius 2 is 1.65 bits per heavy atom. The summed E-state index contributed by atoms with van der Waals surface area (Å²) in [5.74, 6) is -1.10. The molecule has 2 aliphatic rings. The van der Waals surface area contributed by atoms with Crippen LogP contribution in [0.1, 0.15) is 45.5 Å². The van der Waals surface area contributed by atoms with Crippen molar-refractivity contribution in [3.05, 3.63) is 59.4 Å². The van der Waals surface area contributed by atoms with Crippen molar-refractivity contribution in [1.29, 1.82) is 0 Å². The average molecular weight is 352 g/mol. The van der Waals surface area contributed by atoms with Crippen molar-refractivity contribution in [1.82, 2.24) is 9.88 Å². The third kappa shape index (κ3) is 2.81. The predicted molar refractivity (Wildman–Crippen MR) is 94.0 cm³/mol.